The first-order chi connectivity index (χ1) is 16.1. The maximum absolute atomic E-state index is 13.3. The molecule has 4 rings (SSSR count). The Morgan fingerprint density at radius 2 is 1.91 bits per heavy atom. The fourth-order valence-electron chi connectivity index (χ4n) is 5.14. The Hall–Kier alpha value is -0.653. The third kappa shape index (κ3) is 5.48. The van der Waals surface area contributed by atoms with E-state index in [9.17, 15) is 4.55 Å². The molecule has 1 aliphatic heterocycles. The largest absolute Gasteiger partial charge is 0.598 e. The Kier molecular flexibility index (Phi) is 7.50. The van der Waals surface area contributed by atoms with Gasteiger partial charge in [-0.1, -0.05) is 20.8 Å². The van der Waals surface area contributed by atoms with E-state index in [1.165, 1.54) is 0 Å². The van der Waals surface area contributed by atoms with Crippen LogP contribution in [-0.4, -0.2) is 57.2 Å². The monoisotopic (exact) mass is 583 g/mol. The fraction of sp³-hybridized carbons (Fsp3) is 0.760. The van der Waals surface area contributed by atoms with Crippen molar-refractivity contribution in [3.8, 4) is 0 Å². The molecule has 0 radical (unpaired) electrons. The van der Waals surface area contributed by atoms with Gasteiger partial charge in [0.1, 0.15) is 4.75 Å². The van der Waals surface area contributed by atoms with E-state index >= 15 is 0 Å². The summed E-state index contributed by atoms with van der Waals surface area (Å²) in [6, 6.07) is 0.0911. The standard InChI is InChI=1S/C25H42BrN5O2SSi/c1-23(2,3)34(32)29-20-17-30(22-28-16-19(26)21-27-12-14-31(21)22)13-11-25(20)10-9-18(15-25)33-35(7,8)24(4,5)6/h12,14,16,18,20,29H,9-11,13,15,17H2,1-8H3. The highest BCUT2D eigenvalue weighted by Gasteiger charge is 2.52. The number of hydrogen-bond acceptors (Lipinski definition) is 6. The van der Waals surface area contributed by atoms with Gasteiger partial charge in [0.2, 0.25) is 5.95 Å². The summed E-state index contributed by atoms with van der Waals surface area (Å²) in [7, 11) is -1.84. The highest BCUT2D eigenvalue weighted by atomic mass is 79.9. The van der Waals surface area contributed by atoms with Crippen LogP contribution in [0, 0.1) is 5.41 Å². The van der Waals surface area contributed by atoms with Crippen LogP contribution in [0.2, 0.25) is 18.1 Å². The van der Waals surface area contributed by atoms with Gasteiger partial charge in [-0.3, -0.25) is 4.40 Å². The number of nitrogens with zero attached hydrogens (tertiary/aromatic N) is 4. The molecule has 1 saturated carbocycles. The van der Waals surface area contributed by atoms with Gasteiger partial charge in [0, 0.05) is 49.1 Å². The minimum Gasteiger partial charge on any atom is -0.598 e. The van der Waals surface area contributed by atoms with Crippen molar-refractivity contribution in [2.75, 3.05) is 18.0 Å². The van der Waals surface area contributed by atoms with E-state index < -0.39 is 19.7 Å². The number of imidazole rings is 1. The molecule has 2 aromatic heterocycles. The van der Waals surface area contributed by atoms with Crippen LogP contribution >= 0.6 is 15.9 Å². The number of nitrogens with one attached hydrogen (secondary N) is 1. The molecule has 2 fully saturated rings. The number of anilines is 1. The van der Waals surface area contributed by atoms with Crippen LogP contribution in [-0.2, 0) is 15.8 Å². The number of hydrogen-bond donors (Lipinski definition) is 1. The molecule has 0 aromatic carbocycles. The first-order valence-electron chi connectivity index (χ1n) is 12.7. The van der Waals surface area contributed by atoms with Crippen LogP contribution in [0.4, 0.5) is 5.95 Å². The first kappa shape index (κ1) is 27.4. The molecule has 196 valence electrons. The molecule has 1 aliphatic carbocycles. The second kappa shape index (κ2) is 9.58. The van der Waals surface area contributed by atoms with Crippen molar-refractivity contribution >= 4 is 47.2 Å². The van der Waals surface area contributed by atoms with Gasteiger partial charge < -0.3 is 13.9 Å². The minimum atomic E-state index is -1.84. The van der Waals surface area contributed by atoms with Crippen molar-refractivity contribution in [1.82, 2.24) is 19.1 Å². The third-order valence-corrected chi connectivity index (χ3v) is 15.0. The van der Waals surface area contributed by atoms with Gasteiger partial charge in [-0.15, -0.1) is 4.72 Å². The van der Waals surface area contributed by atoms with Crippen molar-refractivity contribution in [2.24, 2.45) is 5.41 Å². The van der Waals surface area contributed by atoms with Crippen molar-refractivity contribution < 1.29 is 8.98 Å². The summed E-state index contributed by atoms with van der Waals surface area (Å²) >= 11 is 2.41. The lowest BCUT2D eigenvalue weighted by Crippen LogP contribution is -2.60. The first-order valence-corrected chi connectivity index (χ1v) is 17.6. The lowest BCUT2D eigenvalue weighted by molar-refractivity contribution is 0.128. The summed E-state index contributed by atoms with van der Waals surface area (Å²) in [6.07, 6.45) is 10.1. The molecule has 4 atom stereocenters. The maximum atomic E-state index is 13.3. The molecular weight excluding hydrogens is 542 g/mol. The zero-order valence-electron chi connectivity index (χ0n) is 22.5. The predicted molar refractivity (Wildman–Crippen MR) is 151 cm³/mol. The quantitative estimate of drug-likeness (QED) is 0.360. The Bertz CT molecular complexity index is 1050. The number of piperidine rings is 1. The van der Waals surface area contributed by atoms with Gasteiger partial charge in [-0.25, -0.2) is 9.97 Å². The topological polar surface area (TPSA) is 77.8 Å². The molecule has 2 aromatic rings. The molecule has 4 unspecified atom stereocenters. The SMILES string of the molecule is CC(C)(C)[S+]([O-])NC1CN(c2ncc(Br)c3nccn23)CCC12CCC(O[Si](C)(C)C(C)(C)C)C2. The van der Waals surface area contributed by atoms with E-state index in [0.29, 0.717) is 0 Å². The number of rotatable bonds is 5. The highest BCUT2D eigenvalue weighted by molar-refractivity contribution is 9.10. The van der Waals surface area contributed by atoms with Crippen LogP contribution in [0.1, 0.15) is 67.2 Å². The molecule has 1 N–H and O–H groups in total. The van der Waals surface area contributed by atoms with E-state index in [4.69, 9.17) is 9.41 Å². The van der Waals surface area contributed by atoms with Gasteiger partial charge in [0.15, 0.2) is 14.0 Å². The van der Waals surface area contributed by atoms with E-state index in [2.05, 4.69) is 64.4 Å². The average molecular weight is 585 g/mol. The molecule has 0 amide bonds. The van der Waals surface area contributed by atoms with Crippen molar-refractivity contribution in [1.29, 1.82) is 0 Å². The lowest BCUT2D eigenvalue weighted by atomic mass is 9.73. The average Bonchev–Trinajstić information content (AvgIpc) is 3.37. The van der Waals surface area contributed by atoms with Gasteiger partial charge in [0.25, 0.3) is 0 Å². The third-order valence-electron chi connectivity index (χ3n) is 8.34. The van der Waals surface area contributed by atoms with Crippen LogP contribution < -0.4 is 9.62 Å². The number of aromatic nitrogens is 3. The van der Waals surface area contributed by atoms with Crippen LogP contribution in [0.25, 0.3) is 5.65 Å². The molecule has 0 bridgehead atoms. The Morgan fingerprint density at radius 3 is 2.57 bits per heavy atom. The smallest absolute Gasteiger partial charge is 0.211 e. The molecule has 10 heteroatoms. The lowest BCUT2D eigenvalue weighted by Gasteiger charge is -2.47. The van der Waals surface area contributed by atoms with Crippen LogP contribution in [0.5, 0.6) is 0 Å². The fourth-order valence-corrected chi connectivity index (χ4v) is 7.86. The number of fused-ring (bicyclic) bond motifs is 1. The molecule has 2 aliphatic rings. The van der Waals surface area contributed by atoms with E-state index in [1.54, 1.807) is 6.20 Å². The molecule has 7 nitrogen and oxygen atoms in total. The zero-order chi connectivity index (χ0) is 25.8. The molecule has 1 spiro atoms. The predicted octanol–water partition coefficient (Wildman–Crippen LogP) is 5.68. The second-order valence-electron chi connectivity index (χ2n) is 12.9. The molecule has 1 saturated heterocycles. The summed E-state index contributed by atoms with van der Waals surface area (Å²) in [5, 5.41) is 0.195. The van der Waals surface area contributed by atoms with Crippen molar-refractivity contribution in [3.63, 3.8) is 0 Å². The highest BCUT2D eigenvalue weighted by Crippen LogP contribution is 2.50. The summed E-state index contributed by atoms with van der Waals surface area (Å²) < 4.78 is 26.3. The molecular formula is C25H42BrN5O2SSi. The van der Waals surface area contributed by atoms with Crippen molar-refractivity contribution in [2.45, 2.75) is 102 Å². The van der Waals surface area contributed by atoms with Gasteiger partial charge in [-0.05, 0) is 85.9 Å². The van der Waals surface area contributed by atoms with E-state index in [1.807, 2.05) is 37.6 Å². The second-order valence-corrected chi connectivity index (χ2v) is 20.5. The van der Waals surface area contributed by atoms with E-state index in [0.717, 1.165) is 54.8 Å². The Labute approximate surface area is 223 Å². The normalized spacial score (nSPS) is 27.2. The van der Waals surface area contributed by atoms with Crippen molar-refractivity contribution in [3.05, 3.63) is 23.1 Å². The Morgan fingerprint density at radius 1 is 1.20 bits per heavy atom. The summed E-state index contributed by atoms with van der Waals surface area (Å²) in [6.45, 7) is 19.4. The van der Waals surface area contributed by atoms with Gasteiger partial charge >= 0.3 is 0 Å². The zero-order valence-corrected chi connectivity index (χ0v) is 25.9. The summed E-state index contributed by atoms with van der Waals surface area (Å²) in [4.78, 5) is 11.6. The number of halogens is 1. The van der Waals surface area contributed by atoms with Gasteiger partial charge in [-0.2, -0.15) is 0 Å². The van der Waals surface area contributed by atoms with Crippen LogP contribution in [0.15, 0.2) is 23.1 Å². The van der Waals surface area contributed by atoms with Crippen LogP contribution in [0.3, 0.4) is 0 Å². The van der Waals surface area contributed by atoms with E-state index in [-0.39, 0.29) is 27.3 Å². The van der Waals surface area contributed by atoms with Gasteiger partial charge in [0.05, 0.1) is 10.5 Å². The summed E-state index contributed by atoms with van der Waals surface area (Å²) in [5.41, 5.74) is 0.940. The minimum absolute atomic E-state index is 0.0772. The maximum Gasteiger partial charge on any atom is 0.211 e. The Balaban J connectivity index is 1.59. The molecule has 35 heavy (non-hydrogen) atoms. The molecule has 3 heterocycles. The summed E-state index contributed by atoms with van der Waals surface area (Å²) in [5.74, 6) is 0.885.